The number of hydrogen-bond donors (Lipinski definition) is 0. The predicted molar refractivity (Wildman–Crippen MR) is 114 cm³/mol. The van der Waals surface area contributed by atoms with Crippen molar-refractivity contribution in [3.05, 3.63) is 58.6 Å². The topological polar surface area (TPSA) is 58.8 Å². The van der Waals surface area contributed by atoms with Gasteiger partial charge in [0.15, 0.2) is 5.69 Å². The van der Waals surface area contributed by atoms with E-state index in [-0.39, 0.29) is 11.0 Å². The number of aryl methyl sites for hydroxylation is 1. The number of pyridine rings is 2. The smallest absolute Gasteiger partial charge is 0.159 e. The minimum atomic E-state index is 0.0698. The maximum atomic E-state index is 8.98. The van der Waals surface area contributed by atoms with Gasteiger partial charge in [-0.1, -0.05) is 36.9 Å². The van der Waals surface area contributed by atoms with Crippen LogP contribution in [0.5, 0.6) is 0 Å². The zero-order valence-corrected chi connectivity index (χ0v) is 17.6. The van der Waals surface area contributed by atoms with Gasteiger partial charge in [0.05, 0.1) is 10.6 Å². The summed E-state index contributed by atoms with van der Waals surface area (Å²) in [6, 6.07) is 10.2. The third-order valence-electron chi connectivity index (χ3n) is 6.75. The van der Waals surface area contributed by atoms with Crippen LogP contribution in [0.4, 0.5) is 0 Å². The van der Waals surface area contributed by atoms with Crippen LogP contribution < -0.4 is 0 Å². The van der Waals surface area contributed by atoms with E-state index in [1.165, 1.54) is 31.4 Å². The van der Waals surface area contributed by atoms with Crippen molar-refractivity contribution < 1.29 is 4.74 Å². The lowest BCUT2D eigenvalue weighted by Crippen LogP contribution is -2.46. The summed E-state index contributed by atoms with van der Waals surface area (Å²) in [5.74, 6) is 0. The Bertz CT molecular complexity index is 873. The van der Waals surface area contributed by atoms with E-state index in [9.17, 15) is 0 Å². The number of nitriles is 1. The number of ether oxygens (including phenoxy) is 1. The lowest BCUT2D eigenvalue weighted by Gasteiger charge is -2.46. The molecule has 0 unspecified atom stereocenters. The van der Waals surface area contributed by atoms with Crippen molar-refractivity contribution in [1.82, 2.24) is 9.97 Å². The van der Waals surface area contributed by atoms with Gasteiger partial charge in [-0.2, -0.15) is 5.26 Å². The van der Waals surface area contributed by atoms with Gasteiger partial charge in [-0.15, -0.1) is 0 Å². The van der Waals surface area contributed by atoms with Gasteiger partial charge < -0.3 is 4.74 Å². The molecule has 2 aromatic heterocycles. The zero-order chi connectivity index (χ0) is 20.2. The highest BCUT2D eigenvalue weighted by atomic mass is 35.5. The summed E-state index contributed by atoms with van der Waals surface area (Å²) >= 11 is 6.13. The van der Waals surface area contributed by atoms with E-state index < -0.39 is 0 Å². The normalized spacial score (nSPS) is 23.2. The molecule has 1 spiro atoms. The van der Waals surface area contributed by atoms with E-state index in [2.05, 4.69) is 17.1 Å². The SMILES string of the molecule is N#Cc1ncc(CCCC[C@@]2(c3ccccn3)CCOC3(CCCC3)C2)cc1Cl. The summed E-state index contributed by atoms with van der Waals surface area (Å²) in [4.78, 5) is 8.94. The van der Waals surface area contributed by atoms with Crippen LogP contribution in [0.2, 0.25) is 5.02 Å². The van der Waals surface area contributed by atoms with Gasteiger partial charge in [0.1, 0.15) is 6.07 Å². The maximum Gasteiger partial charge on any atom is 0.159 e. The van der Waals surface area contributed by atoms with E-state index in [1.807, 2.05) is 24.4 Å². The molecule has 0 radical (unpaired) electrons. The van der Waals surface area contributed by atoms with Gasteiger partial charge in [0.2, 0.25) is 0 Å². The molecule has 2 aliphatic rings. The fourth-order valence-electron chi connectivity index (χ4n) is 5.29. The minimum Gasteiger partial charge on any atom is -0.375 e. The molecule has 0 bridgehead atoms. The Morgan fingerprint density at radius 2 is 2.00 bits per heavy atom. The summed E-state index contributed by atoms with van der Waals surface area (Å²) < 4.78 is 6.34. The molecule has 0 aromatic carbocycles. The molecule has 1 aliphatic heterocycles. The van der Waals surface area contributed by atoms with E-state index in [0.717, 1.165) is 50.7 Å². The number of rotatable bonds is 6. The number of halogens is 1. The molecule has 0 N–H and O–H groups in total. The van der Waals surface area contributed by atoms with Gasteiger partial charge in [-0.25, -0.2) is 4.98 Å². The average Bonchev–Trinajstić information content (AvgIpc) is 3.19. The highest BCUT2D eigenvalue weighted by Gasteiger charge is 2.48. The van der Waals surface area contributed by atoms with Crippen LogP contribution in [0.15, 0.2) is 36.7 Å². The summed E-state index contributed by atoms with van der Waals surface area (Å²) in [6.07, 6.45) is 15.1. The lowest BCUT2D eigenvalue weighted by molar-refractivity contribution is -0.104. The molecule has 1 saturated carbocycles. The first kappa shape index (κ1) is 20.3. The predicted octanol–water partition coefficient (Wildman–Crippen LogP) is 5.78. The number of nitrogens with zero attached hydrogens (tertiary/aromatic N) is 3. The van der Waals surface area contributed by atoms with Crippen molar-refractivity contribution in [2.75, 3.05) is 6.61 Å². The van der Waals surface area contributed by atoms with Crippen molar-refractivity contribution >= 4 is 11.6 Å². The minimum absolute atomic E-state index is 0.0698. The van der Waals surface area contributed by atoms with Gasteiger partial charge in [-0.3, -0.25) is 4.98 Å². The molecular formula is C24H28ClN3O. The fraction of sp³-hybridized carbons (Fsp3) is 0.542. The van der Waals surface area contributed by atoms with E-state index in [0.29, 0.717) is 10.7 Å². The number of aromatic nitrogens is 2. The summed E-state index contributed by atoms with van der Waals surface area (Å²) in [7, 11) is 0. The third-order valence-corrected chi connectivity index (χ3v) is 7.04. The summed E-state index contributed by atoms with van der Waals surface area (Å²) in [6.45, 7) is 0.839. The molecule has 1 saturated heterocycles. The highest BCUT2D eigenvalue weighted by molar-refractivity contribution is 6.31. The van der Waals surface area contributed by atoms with Crippen LogP contribution in [0.25, 0.3) is 0 Å². The third kappa shape index (κ3) is 4.47. The average molecular weight is 410 g/mol. The first-order valence-electron chi connectivity index (χ1n) is 10.7. The van der Waals surface area contributed by atoms with Gasteiger partial charge >= 0.3 is 0 Å². The second-order valence-corrected chi connectivity index (χ2v) is 9.06. The number of unbranched alkanes of at least 4 members (excludes halogenated alkanes) is 1. The van der Waals surface area contributed by atoms with Crippen molar-refractivity contribution in [3.8, 4) is 6.07 Å². The van der Waals surface area contributed by atoms with Crippen LogP contribution in [0, 0.1) is 11.3 Å². The molecule has 3 heterocycles. The molecule has 1 aliphatic carbocycles. The second-order valence-electron chi connectivity index (χ2n) is 8.65. The Kier molecular flexibility index (Phi) is 6.18. The first-order chi connectivity index (χ1) is 14.1. The molecule has 2 fully saturated rings. The molecule has 5 heteroatoms. The van der Waals surface area contributed by atoms with Gasteiger partial charge in [0, 0.05) is 30.1 Å². The Balaban J connectivity index is 1.44. The molecular weight excluding hydrogens is 382 g/mol. The summed E-state index contributed by atoms with van der Waals surface area (Å²) in [5, 5.41) is 9.43. The van der Waals surface area contributed by atoms with Crippen LogP contribution in [-0.2, 0) is 16.6 Å². The first-order valence-corrected chi connectivity index (χ1v) is 11.1. The summed E-state index contributed by atoms with van der Waals surface area (Å²) in [5.41, 5.74) is 2.82. The number of hydrogen-bond acceptors (Lipinski definition) is 4. The molecule has 1 atom stereocenters. The molecule has 0 amide bonds. The molecule has 152 valence electrons. The van der Waals surface area contributed by atoms with Crippen molar-refractivity contribution in [2.24, 2.45) is 0 Å². The van der Waals surface area contributed by atoms with Crippen molar-refractivity contribution in [1.29, 1.82) is 5.26 Å². The van der Waals surface area contributed by atoms with E-state index >= 15 is 0 Å². The van der Waals surface area contributed by atoms with Crippen molar-refractivity contribution in [3.63, 3.8) is 0 Å². The monoisotopic (exact) mass is 409 g/mol. The molecule has 2 aromatic rings. The zero-order valence-electron chi connectivity index (χ0n) is 16.9. The van der Waals surface area contributed by atoms with Gasteiger partial charge in [0.25, 0.3) is 0 Å². The maximum absolute atomic E-state index is 8.98. The Labute approximate surface area is 178 Å². The Hall–Kier alpha value is -1.96. The standard InChI is InChI=1S/C24H28ClN3O/c25-20-15-19(17-28-21(20)16-26)7-1-3-9-23(22-8-2-6-13-27-22)12-14-29-24(18-23)10-4-5-11-24/h2,6,8,13,15,17H,1,3-5,7,9-12,14,18H2/t23-/m1/s1. The van der Waals surface area contributed by atoms with Crippen LogP contribution >= 0.6 is 11.6 Å². The van der Waals surface area contributed by atoms with E-state index in [4.69, 9.17) is 26.6 Å². The molecule has 4 rings (SSSR count). The van der Waals surface area contributed by atoms with Crippen molar-refractivity contribution in [2.45, 2.75) is 75.2 Å². The van der Waals surface area contributed by atoms with Crippen LogP contribution in [0.3, 0.4) is 0 Å². The van der Waals surface area contributed by atoms with E-state index in [1.54, 1.807) is 6.20 Å². The second kappa shape index (κ2) is 8.81. The van der Waals surface area contributed by atoms with Crippen LogP contribution in [0.1, 0.15) is 74.7 Å². The van der Waals surface area contributed by atoms with Gasteiger partial charge in [-0.05, 0) is 68.7 Å². The lowest BCUT2D eigenvalue weighted by atomic mass is 9.67. The quantitative estimate of drug-likeness (QED) is 0.567. The Morgan fingerprint density at radius 3 is 2.72 bits per heavy atom. The molecule has 4 nitrogen and oxygen atoms in total. The Morgan fingerprint density at radius 1 is 1.14 bits per heavy atom. The highest BCUT2D eigenvalue weighted by Crippen LogP contribution is 2.50. The molecule has 29 heavy (non-hydrogen) atoms. The fourth-order valence-corrected chi connectivity index (χ4v) is 5.52. The van der Waals surface area contributed by atoms with Crippen LogP contribution in [-0.4, -0.2) is 22.2 Å². The largest absolute Gasteiger partial charge is 0.375 e.